The summed E-state index contributed by atoms with van der Waals surface area (Å²) in [6.45, 7) is 0. The molecule has 0 heterocycles. The summed E-state index contributed by atoms with van der Waals surface area (Å²) in [5, 5.41) is 2.66. The SMILES string of the molecule is O=C(/C=C/c1ccccc1Cl)Nc1ccccc1C(F)(F)F. The van der Waals surface area contributed by atoms with E-state index in [-0.39, 0.29) is 5.69 Å². The van der Waals surface area contributed by atoms with Gasteiger partial charge in [-0.2, -0.15) is 13.2 Å². The molecule has 0 fully saturated rings. The van der Waals surface area contributed by atoms with Gasteiger partial charge in [0, 0.05) is 11.1 Å². The van der Waals surface area contributed by atoms with Crippen molar-refractivity contribution in [2.24, 2.45) is 0 Å². The molecular formula is C16H11ClF3NO. The maximum absolute atomic E-state index is 12.8. The second kappa shape index (κ2) is 6.66. The first-order valence-electron chi connectivity index (χ1n) is 6.28. The second-order valence-corrected chi connectivity index (χ2v) is 4.79. The fourth-order valence-electron chi connectivity index (χ4n) is 1.79. The zero-order chi connectivity index (χ0) is 16.2. The van der Waals surface area contributed by atoms with Crippen molar-refractivity contribution in [2.45, 2.75) is 6.18 Å². The van der Waals surface area contributed by atoms with E-state index in [2.05, 4.69) is 5.32 Å². The number of nitrogens with one attached hydrogen (secondary N) is 1. The molecule has 2 aromatic rings. The quantitative estimate of drug-likeness (QED) is 0.790. The molecule has 1 amide bonds. The van der Waals surface area contributed by atoms with E-state index >= 15 is 0 Å². The number of amides is 1. The molecule has 0 aromatic heterocycles. The fourth-order valence-corrected chi connectivity index (χ4v) is 1.99. The lowest BCUT2D eigenvalue weighted by Crippen LogP contribution is -2.14. The first-order chi connectivity index (χ1) is 10.4. The molecule has 2 aromatic carbocycles. The average molecular weight is 326 g/mol. The zero-order valence-corrected chi connectivity index (χ0v) is 11.9. The van der Waals surface area contributed by atoms with Crippen LogP contribution in [0.25, 0.3) is 6.08 Å². The topological polar surface area (TPSA) is 29.1 Å². The van der Waals surface area contributed by atoms with E-state index in [0.29, 0.717) is 10.6 Å². The van der Waals surface area contributed by atoms with Crippen LogP contribution in [0.2, 0.25) is 5.02 Å². The third kappa shape index (κ3) is 4.11. The van der Waals surface area contributed by atoms with Crippen molar-refractivity contribution in [1.82, 2.24) is 0 Å². The summed E-state index contributed by atoms with van der Waals surface area (Å²) < 4.78 is 38.4. The minimum atomic E-state index is -4.53. The van der Waals surface area contributed by atoms with Gasteiger partial charge in [0.15, 0.2) is 0 Å². The number of rotatable bonds is 3. The third-order valence-electron chi connectivity index (χ3n) is 2.81. The standard InChI is InChI=1S/C16H11ClF3NO/c17-13-7-3-1-5-11(13)9-10-15(22)21-14-8-4-2-6-12(14)16(18,19)20/h1-10H,(H,21,22)/b10-9+. The van der Waals surface area contributed by atoms with Crippen LogP contribution in [-0.2, 0) is 11.0 Å². The Morgan fingerprint density at radius 1 is 1.05 bits per heavy atom. The number of anilines is 1. The molecule has 114 valence electrons. The van der Waals surface area contributed by atoms with E-state index in [1.165, 1.54) is 24.3 Å². The van der Waals surface area contributed by atoms with Crippen LogP contribution in [0.1, 0.15) is 11.1 Å². The Hall–Kier alpha value is -2.27. The summed E-state index contributed by atoms with van der Waals surface area (Å²) in [7, 11) is 0. The summed E-state index contributed by atoms with van der Waals surface area (Å²) in [5.41, 5.74) is -0.582. The first-order valence-corrected chi connectivity index (χ1v) is 6.65. The van der Waals surface area contributed by atoms with Gasteiger partial charge in [0.2, 0.25) is 5.91 Å². The van der Waals surface area contributed by atoms with Crippen LogP contribution < -0.4 is 5.32 Å². The lowest BCUT2D eigenvalue weighted by atomic mass is 10.1. The maximum atomic E-state index is 12.8. The average Bonchev–Trinajstić information content (AvgIpc) is 2.46. The molecule has 0 unspecified atom stereocenters. The molecule has 0 saturated carbocycles. The molecular weight excluding hydrogens is 315 g/mol. The normalized spacial score (nSPS) is 11.6. The minimum Gasteiger partial charge on any atom is -0.322 e. The zero-order valence-electron chi connectivity index (χ0n) is 11.2. The van der Waals surface area contributed by atoms with Gasteiger partial charge in [0.1, 0.15) is 0 Å². The van der Waals surface area contributed by atoms with E-state index in [1.54, 1.807) is 24.3 Å². The highest BCUT2D eigenvalue weighted by molar-refractivity contribution is 6.32. The van der Waals surface area contributed by atoms with Crippen LogP contribution >= 0.6 is 11.6 Å². The number of benzene rings is 2. The van der Waals surface area contributed by atoms with Gasteiger partial charge >= 0.3 is 6.18 Å². The number of para-hydroxylation sites is 1. The van der Waals surface area contributed by atoms with Crippen molar-refractivity contribution in [3.05, 3.63) is 70.8 Å². The number of hydrogen-bond donors (Lipinski definition) is 1. The van der Waals surface area contributed by atoms with Gasteiger partial charge in [-0.1, -0.05) is 41.9 Å². The van der Waals surface area contributed by atoms with Crippen molar-refractivity contribution in [2.75, 3.05) is 5.32 Å². The van der Waals surface area contributed by atoms with Crippen molar-refractivity contribution in [3.63, 3.8) is 0 Å². The molecule has 0 spiro atoms. The summed E-state index contributed by atoms with van der Waals surface area (Å²) in [4.78, 5) is 11.8. The number of hydrogen-bond acceptors (Lipinski definition) is 1. The van der Waals surface area contributed by atoms with Crippen LogP contribution in [0.15, 0.2) is 54.6 Å². The van der Waals surface area contributed by atoms with Gasteiger partial charge in [-0.05, 0) is 29.8 Å². The molecule has 2 rings (SSSR count). The molecule has 1 N–H and O–H groups in total. The summed E-state index contributed by atoms with van der Waals surface area (Å²) in [5.74, 6) is -0.670. The Kier molecular flexibility index (Phi) is 4.88. The van der Waals surface area contributed by atoms with Crippen LogP contribution in [0.4, 0.5) is 18.9 Å². The fraction of sp³-hybridized carbons (Fsp3) is 0.0625. The van der Waals surface area contributed by atoms with Gasteiger partial charge < -0.3 is 5.32 Å². The molecule has 0 bridgehead atoms. The summed E-state index contributed by atoms with van der Waals surface area (Å²) in [6, 6.07) is 11.6. The van der Waals surface area contributed by atoms with Crippen molar-refractivity contribution >= 4 is 29.3 Å². The number of alkyl halides is 3. The Bertz CT molecular complexity index is 711. The Balaban J connectivity index is 2.15. The molecule has 22 heavy (non-hydrogen) atoms. The van der Waals surface area contributed by atoms with E-state index in [4.69, 9.17) is 11.6 Å². The molecule has 0 aliphatic heterocycles. The molecule has 0 radical (unpaired) electrons. The maximum Gasteiger partial charge on any atom is 0.418 e. The highest BCUT2D eigenvalue weighted by atomic mass is 35.5. The van der Waals surface area contributed by atoms with Gasteiger partial charge in [-0.15, -0.1) is 0 Å². The Morgan fingerprint density at radius 3 is 2.36 bits per heavy atom. The van der Waals surface area contributed by atoms with Gasteiger partial charge in [-0.25, -0.2) is 0 Å². The third-order valence-corrected chi connectivity index (χ3v) is 3.15. The smallest absolute Gasteiger partial charge is 0.322 e. The highest BCUT2D eigenvalue weighted by Crippen LogP contribution is 2.34. The lowest BCUT2D eigenvalue weighted by molar-refractivity contribution is -0.136. The minimum absolute atomic E-state index is 0.288. The predicted molar refractivity (Wildman–Crippen MR) is 80.6 cm³/mol. The first kappa shape index (κ1) is 16.1. The molecule has 0 atom stereocenters. The van der Waals surface area contributed by atoms with E-state index < -0.39 is 17.6 Å². The summed E-state index contributed by atoms with van der Waals surface area (Å²) >= 11 is 5.92. The van der Waals surface area contributed by atoms with Gasteiger partial charge in [0.05, 0.1) is 11.3 Å². The number of halogens is 4. The van der Waals surface area contributed by atoms with Crippen LogP contribution in [0, 0.1) is 0 Å². The molecule has 0 saturated heterocycles. The van der Waals surface area contributed by atoms with Gasteiger partial charge in [-0.3, -0.25) is 4.79 Å². The monoisotopic (exact) mass is 325 g/mol. The Morgan fingerprint density at radius 2 is 1.68 bits per heavy atom. The molecule has 6 heteroatoms. The van der Waals surface area contributed by atoms with Crippen LogP contribution in [-0.4, -0.2) is 5.91 Å². The largest absolute Gasteiger partial charge is 0.418 e. The van der Waals surface area contributed by atoms with Crippen molar-refractivity contribution in [1.29, 1.82) is 0 Å². The Labute approximate surface area is 130 Å². The van der Waals surface area contributed by atoms with E-state index in [0.717, 1.165) is 12.1 Å². The second-order valence-electron chi connectivity index (χ2n) is 4.39. The molecule has 0 aliphatic carbocycles. The number of carbonyl (C=O) groups excluding carboxylic acids is 1. The molecule has 2 nitrogen and oxygen atoms in total. The van der Waals surface area contributed by atoms with E-state index in [9.17, 15) is 18.0 Å². The predicted octanol–water partition coefficient (Wildman–Crippen LogP) is 5.01. The van der Waals surface area contributed by atoms with Crippen LogP contribution in [0.5, 0.6) is 0 Å². The molecule has 0 aliphatic rings. The van der Waals surface area contributed by atoms with Crippen molar-refractivity contribution in [3.8, 4) is 0 Å². The van der Waals surface area contributed by atoms with Crippen molar-refractivity contribution < 1.29 is 18.0 Å². The van der Waals surface area contributed by atoms with Crippen LogP contribution in [0.3, 0.4) is 0 Å². The van der Waals surface area contributed by atoms with E-state index in [1.807, 2.05) is 0 Å². The van der Waals surface area contributed by atoms with Gasteiger partial charge in [0.25, 0.3) is 0 Å². The highest BCUT2D eigenvalue weighted by Gasteiger charge is 2.33. The summed E-state index contributed by atoms with van der Waals surface area (Å²) in [6.07, 6.45) is -1.96. The lowest BCUT2D eigenvalue weighted by Gasteiger charge is -2.12. The number of carbonyl (C=O) groups is 1.